The molecule has 0 amide bonds. The molecule has 1 aliphatic heterocycles. The van der Waals surface area contributed by atoms with E-state index in [1.165, 1.54) is 0 Å². The summed E-state index contributed by atoms with van der Waals surface area (Å²) in [5.41, 5.74) is 3.36. The van der Waals surface area contributed by atoms with Gasteiger partial charge in [-0.05, 0) is 36.3 Å². The molecular weight excluding hydrogens is 252 g/mol. The van der Waals surface area contributed by atoms with Crippen LogP contribution in [0.5, 0.6) is 5.75 Å². The molecule has 3 rings (SSSR count). The van der Waals surface area contributed by atoms with Gasteiger partial charge in [-0.3, -0.25) is 0 Å². The monoisotopic (exact) mass is 266 g/mol. The Labute approximate surface area is 117 Å². The molecule has 1 aliphatic rings. The van der Waals surface area contributed by atoms with Crippen molar-refractivity contribution in [1.82, 2.24) is 0 Å². The van der Waals surface area contributed by atoms with Gasteiger partial charge in [-0.25, -0.2) is 4.79 Å². The van der Waals surface area contributed by atoms with Gasteiger partial charge in [0.05, 0.1) is 12.7 Å². The van der Waals surface area contributed by atoms with Gasteiger partial charge in [-0.1, -0.05) is 30.3 Å². The highest BCUT2D eigenvalue weighted by molar-refractivity contribution is 6.06. The Morgan fingerprint density at radius 2 is 1.95 bits per heavy atom. The summed E-state index contributed by atoms with van der Waals surface area (Å²) < 4.78 is 10.6. The molecule has 2 aromatic rings. The van der Waals surface area contributed by atoms with Crippen molar-refractivity contribution in [3.63, 3.8) is 0 Å². The molecule has 20 heavy (non-hydrogen) atoms. The predicted molar refractivity (Wildman–Crippen MR) is 77.5 cm³/mol. The van der Waals surface area contributed by atoms with Crippen molar-refractivity contribution in [3.8, 4) is 5.75 Å². The number of esters is 1. The zero-order valence-electron chi connectivity index (χ0n) is 11.3. The number of hydrogen-bond donors (Lipinski definition) is 0. The van der Waals surface area contributed by atoms with E-state index >= 15 is 0 Å². The Hall–Kier alpha value is -2.55. The van der Waals surface area contributed by atoms with Gasteiger partial charge in [0.2, 0.25) is 0 Å². The van der Waals surface area contributed by atoms with E-state index in [1.807, 2.05) is 55.5 Å². The predicted octanol–water partition coefficient (Wildman–Crippen LogP) is 3.67. The Morgan fingerprint density at radius 3 is 2.75 bits per heavy atom. The molecule has 1 heterocycles. The fraction of sp³-hybridized carbons (Fsp3) is 0.118. The van der Waals surface area contributed by atoms with Gasteiger partial charge in [-0.15, -0.1) is 0 Å². The van der Waals surface area contributed by atoms with E-state index in [0.717, 1.165) is 22.4 Å². The van der Waals surface area contributed by atoms with Gasteiger partial charge < -0.3 is 9.47 Å². The maximum Gasteiger partial charge on any atom is 0.344 e. The maximum absolute atomic E-state index is 11.9. The average Bonchev–Trinajstić information content (AvgIpc) is 2.77. The van der Waals surface area contributed by atoms with E-state index in [9.17, 15) is 4.79 Å². The van der Waals surface area contributed by atoms with E-state index in [4.69, 9.17) is 9.47 Å². The second-order valence-electron chi connectivity index (χ2n) is 4.67. The second-order valence-corrected chi connectivity index (χ2v) is 4.67. The summed E-state index contributed by atoms with van der Waals surface area (Å²) in [7, 11) is 1.63. The molecule has 0 unspecified atom stereocenters. The Kier molecular flexibility index (Phi) is 3.03. The fourth-order valence-electron chi connectivity index (χ4n) is 2.34. The molecule has 100 valence electrons. The van der Waals surface area contributed by atoms with Gasteiger partial charge in [-0.2, -0.15) is 0 Å². The summed E-state index contributed by atoms with van der Waals surface area (Å²) in [4.78, 5) is 11.9. The van der Waals surface area contributed by atoms with Crippen molar-refractivity contribution in [2.24, 2.45) is 0 Å². The van der Waals surface area contributed by atoms with Crippen LogP contribution in [0.3, 0.4) is 0 Å². The van der Waals surface area contributed by atoms with Crippen molar-refractivity contribution in [3.05, 3.63) is 64.7 Å². The lowest BCUT2D eigenvalue weighted by atomic mass is 10.0. The van der Waals surface area contributed by atoms with Gasteiger partial charge in [0, 0.05) is 5.56 Å². The van der Waals surface area contributed by atoms with Crippen LogP contribution in [-0.4, -0.2) is 13.1 Å². The van der Waals surface area contributed by atoms with Crippen LogP contribution in [0.1, 0.15) is 27.0 Å². The fourth-order valence-corrected chi connectivity index (χ4v) is 2.34. The highest BCUT2D eigenvalue weighted by atomic mass is 16.5. The Balaban J connectivity index is 2.07. The third kappa shape index (κ3) is 2.07. The van der Waals surface area contributed by atoms with Gasteiger partial charge in [0.1, 0.15) is 11.5 Å². The summed E-state index contributed by atoms with van der Waals surface area (Å²) in [6.07, 6.45) is 1.85. The maximum atomic E-state index is 11.9. The molecule has 3 heteroatoms. The van der Waals surface area contributed by atoms with Crippen molar-refractivity contribution in [1.29, 1.82) is 0 Å². The number of cyclic esters (lactones) is 1. The smallest absolute Gasteiger partial charge is 0.344 e. The SMILES string of the molecule is COc1cccc(/C=C2\OC(=O)c3c(C)cccc32)c1. The number of ether oxygens (including phenoxy) is 2. The first-order valence-electron chi connectivity index (χ1n) is 6.37. The molecule has 0 radical (unpaired) electrons. The molecule has 0 saturated heterocycles. The van der Waals surface area contributed by atoms with Crippen LogP contribution in [-0.2, 0) is 4.74 Å². The summed E-state index contributed by atoms with van der Waals surface area (Å²) >= 11 is 0. The minimum Gasteiger partial charge on any atom is -0.497 e. The number of methoxy groups -OCH3 is 1. The number of hydrogen-bond acceptors (Lipinski definition) is 3. The number of carbonyl (C=O) groups excluding carboxylic acids is 1. The molecule has 0 fully saturated rings. The molecular formula is C17H14O3. The average molecular weight is 266 g/mol. The largest absolute Gasteiger partial charge is 0.497 e. The quantitative estimate of drug-likeness (QED) is 0.778. The number of fused-ring (bicyclic) bond motifs is 1. The molecule has 0 saturated carbocycles. The number of rotatable bonds is 2. The summed E-state index contributed by atoms with van der Waals surface area (Å²) in [6, 6.07) is 13.4. The standard InChI is InChI=1S/C17H14O3/c1-11-5-3-8-14-15(20-17(18)16(11)14)10-12-6-4-7-13(9-12)19-2/h3-10H,1-2H3/b15-10-. The van der Waals surface area contributed by atoms with E-state index in [0.29, 0.717) is 11.3 Å². The third-order valence-corrected chi connectivity index (χ3v) is 3.34. The highest BCUT2D eigenvalue weighted by Crippen LogP contribution is 2.33. The van der Waals surface area contributed by atoms with E-state index < -0.39 is 0 Å². The molecule has 0 aliphatic carbocycles. The first-order valence-corrected chi connectivity index (χ1v) is 6.37. The summed E-state index contributed by atoms with van der Waals surface area (Å²) in [5, 5.41) is 0. The Bertz CT molecular complexity index is 714. The van der Waals surface area contributed by atoms with Crippen LogP contribution < -0.4 is 4.74 Å². The van der Waals surface area contributed by atoms with Crippen molar-refractivity contribution in [2.75, 3.05) is 7.11 Å². The first-order chi connectivity index (χ1) is 9.69. The van der Waals surface area contributed by atoms with Crippen LogP contribution in [0.2, 0.25) is 0 Å². The summed E-state index contributed by atoms with van der Waals surface area (Å²) in [5.74, 6) is 1.07. The van der Waals surface area contributed by atoms with E-state index in [2.05, 4.69) is 0 Å². The molecule has 2 aromatic carbocycles. The van der Waals surface area contributed by atoms with Crippen LogP contribution in [0.4, 0.5) is 0 Å². The topological polar surface area (TPSA) is 35.5 Å². The Morgan fingerprint density at radius 1 is 1.15 bits per heavy atom. The van der Waals surface area contributed by atoms with Gasteiger partial charge >= 0.3 is 5.97 Å². The third-order valence-electron chi connectivity index (χ3n) is 3.34. The van der Waals surface area contributed by atoms with Gasteiger partial charge in [0.15, 0.2) is 0 Å². The number of aryl methyl sites for hydroxylation is 1. The highest BCUT2D eigenvalue weighted by Gasteiger charge is 2.27. The van der Waals surface area contributed by atoms with Crippen LogP contribution >= 0.6 is 0 Å². The zero-order valence-corrected chi connectivity index (χ0v) is 11.3. The number of carbonyl (C=O) groups is 1. The molecule has 0 bridgehead atoms. The van der Waals surface area contributed by atoms with Crippen molar-refractivity contribution in [2.45, 2.75) is 6.92 Å². The molecule has 0 N–H and O–H groups in total. The van der Waals surface area contributed by atoms with Crippen molar-refractivity contribution >= 4 is 17.8 Å². The van der Waals surface area contributed by atoms with Crippen LogP contribution in [0, 0.1) is 6.92 Å². The van der Waals surface area contributed by atoms with Crippen LogP contribution in [0.25, 0.3) is 11.8 Å². The molecule has 0 atom stereocenters. The first kappa shape index (κ1) is 12.5. The lowest BCUT2D eigenvalue weighted by Gasteiger charge is -2.02. The molecule has 0 spiro atoms. The van der Waals surface area contributed by atoms with Crippen LogP contribution in [0.15, 0.2) is 42.5 Å². The zero-order chi connectivity index (χ0) is 14.1. The number of benzene rings is 2. The molecule has 0 aromatic heterocycles. The normalized spacial score (nSPS) is 15.1. The lowest BCUT2D eigenvalue weighted by Crippen LogP contribution is -1.96. The summed E-state index contributed by atoms with van der Waals surface area (Å²) in [6.45, 7) is 1.91. The minimum absolute atomic E-state index is 0.285. The second kappa shape index (κ2) is 4.85. The van der Waals surface area contributed by atoms with Crippen molar-refractivity contribution < 1.29 is 14.3 Å². The minimum atomic E-state index is -0.285. The lowest BCUT2D eigenvalue weighted by molar-refractivity contribution is 0.0716. The van der Waals surface area contributed by atoms with E-state index in [1.54, 1.807) is 7.11 Å². The van der Waals surface area contributed by atoms with Gasteiger partial charge in [0.25, 0.3) is 0 Å². The molecule has 3 nitrogen and oxygen atoms in total. The van der Waals surface area contributed by atoms with E-state index in [-0.39, 0.29) is 5.97 Å².